The van der Waals surface area contributed by atoms with Gasteiger partial charge in [0.25, 0.3) is 0 Å². The first kappa shape index (κ1) is 13.3. The molecule has 98 valence electrons. The Morgan fingerprint density at radius 3 is 3.11 bits per heavy atom. The highest BCUT2D eigenvalue weighted by Crippen LogP contribution is 2.17. The van der Waals surface area contributed by atoms with Crippen LogP contribution in [-0.4, -0.2) is 27.1 Å². The lowest BCUT2D eigenvalue weighted by atomic mass is 10.2. The third-order valence-electron chi connectivity index (χ3n) is 2.99. The fraction of sp³-hybridized carbons (Fsp3) is 0.462. The van der Waals surface area contributed by atoms with Gasteiger partial charge in [-0.05, 0) is 31.9 Å². The summed E-state index contributed by atoms with van der Waals surface area (Å²) >= 11 is 6.14. The van der Waals surface area contributed by atoms with Crippen molar-refractivity contribution >= 4 is 17.2 Å². The van der Waals surface area contributed by atoms with Gasteiger partial charge in [-0.15, -0.1) is 0 Å². The Balaban J connectivity index is 2.05. The fourth-order valence-corrected chi connectivity index (χ4v) is 2.19. The number of rotatable bonds is 6. The van der Waals surface area contributed by atoms with Gasteiger partial charge in [0.15, 0.2) is 5.15 Å². The minimum absolute atomic E-state index is 0.238. The highest BCUT2D eigenvalue weighted by molar-refractivity contribution is 6.30. The molecule has 0 spiro atoms. The Morgan fingerprint density at radius 1 is 1.50 bits per heavy atom. The van der Waals surface area contributed by atoms with E-state index in [0.717, 1.165) is 24.2 Å². The number of halogens is 1. The highest BCUT2D eigenvalue weighted by atomic mass is 35.5. The van der Waals surface area contributed by atoms with E-state index >= 15 is 0 Å². The van der Waals surface area contributed by atoms with E-state index in [1.165, 1.54) is 0 Å². The average molecular weight is 268 g/mol. The number of nitrogens with one attached hydrogen (secondary N) is 1. The summed E-state index contributed by atoms with van der Waals surface area (Å²) in [5.41, 5.74) is 1.84. The largest absolute Gasteiger partial charge is 0.396 e. The number of fused-ring (bicyclic) bond motifs is 1. The minimum Gasteiger partial charge on any atom is -0.396 e. The Kier molecular flexibility index (Phi) is 4.58. The molecule has 0 aliphatic heterocycles. The average Bonchev–Trinajstić information content (AvgIpc) is 2.69. The Hall–Kier alpha value is -1.10. The van der Waals surface area contributed by atoms with Crippen molar-refractivity contribution in [1.29, 1.82) is 0 Å². The van der Waals surface area contributed by atoms with Crippen molar-refractivity contribution in [3.05, 3.63) is 35.2 Å². The third kappa shape index (κ3) is 3.02. The zero-order valence-corrected chi connectivity index (χ0v) is 11.2. The second-order valence-electron chi connectivity index (χ2n) is 4.43. The molecule has 4 nitrogen and oxygen atoms in total. The van der Waals surface area contributed by atoms with Crippen LogP contribution in [0.15, 0.2) is 24.4 Å². The van der Waals surface area contributed by atoms with Crippen LogP contribution in [-0.2, 0) is 6.54 Å². The SMILES string of the molecule is CC(CCCO)NCc1c(Cl)nc2ccccn12. The molecule has 0 radical (unpaired) electrons. The zero-order chi connectivity index (χ0) is 13.0. The van der Waals surface area contributed by atoms with Crippen molar-refractivity contribution in [2.75, 3.05) is 6.61 Å². The maximum Gasteiger partial charge on any atom is 0.152 e. The Morgan fingerprint density at radius 2 is 2.33 bits per heavy atom. The van der Waals surface area contributed by atoms with E-state index in [9.17, 15) is 0 Å². The van der Waals surface area contributed by atoms with Crippen LogP contribution in [0.5, 0.6) is 0 Å². The van der Waals surface area contributed by atoms with Crippen molar-refractivity contribution in [2.24, 2.45) is 0 Å². The van der Waals surface area contributed by atoms with Crippen molar-refractivity contribution < 1.29 is 5.11 Å². The Labute approximate surface area is 112 Å². The third-order valence-corrected chi connectivity index (χ3v) is 3.30. The summed E-state index contributed by atoms with van der Waals surface area (Å²) in [5, 5.41) is 12.7. The van der Waals surface area contributed by atoms with Gasteiger partial charge in [-0.1, -0.05) is 17.7 Å². The quantitative estimate of drug-likeness (QED) is 0.844. The lowest BCUT2D eigenvalue weighted by molar-refractivity contribution is 0.276. The van der Waals surface area contributed by atoms with E-state index in [1.807, 2.05) is 28.8 Å². The molecule has 2 aromatic rings. The van der Waals surface area contributed by atoms with Gasteiger partial charge >= 0.3 is 0 Å². The maximum atomic E-state index is 8.79. The topological polar surface area (TPSA) is 49.6 Å². The predicted octanol–water partition coefficient (Wildman–Crippen LogP) is 2.24. The molecule has 5 heteroatoms. The molecule has 2 aromatic heterocycles. The molecule has 0 saturated heterocycles. The monoisotopic (exact) mass is 267 g/mol. The molecule has 0 bridgehead atoms. The van der Waals surface area contributed by atoms with Crippen LogP contribution in [0.4, 0.5) is 0 Å². The van der Waals surface area contributed by atoms with Crippen molar-refractivity contribution in [1.82, 2.24) is 14.7 Å². The first-order valence-corrected chi connectivity index (χ1v) is 6.56. The first-order valence-electron chi connectivity index (χ1n) is 6.18. The van der Waals surface area contributed by atoms with Gasteiger partial charge in [-0.25, -0.2) is 4.98 Å². The molecule has 1 unspecified atom stereocenters. The molecule has 0 saturated carbocycles. The van der Waals surface area contributed by atoms with E-state index in [0.29, 0.717) is 17.7 Å². The number of pyridine rings is 1. The number of nitrogens with zero attached hydrogens (tertiary/aromatic N) is 2. The lowest BCUT2D eigenvalue weighted by Crippen LogP contribution is -2.26. The molecule has 2 heterocycles. The van der Waals surface area contributed by atoms with Crippen molar-refractivity contribution in [2.45, 2.75) is 32.4 Å². The summed E-state index contributed by atoms with van der Waals surface area (Å²) < 4.78 is 1.99. The van der Waals surface area contributed by atoms with E-state index in [2.05, 4.69) is 17.2 Å². The number of aliphatic hydroxyl groups excluding tert-OH is 1. The van der Waals surface area contributed by atoms with Crippen LogP contribution in [0.25, 0.3) is 5.65 Å². The van der Waals surface area contributed by atoms with Crippen LogP contribution in [0, 0.1) is 0 Å². The molecule has 2 rings (SSSR count). The van der Waals surface area contributed by atoms with E-state index in [4.69, 9.17) is 16.7 Å². The van der Waals surface area contributed by atoms with Crippen LogP contribution in [0.1, 0.15) is 25.5 Å². The number of aromatic nitrogens is 2. The predicted molar refractivity (Wildman–Crippen MR) is 72.8 cm³/mol. The van der Waals surface area contributed by atoms with Crippen LogP contribution < -0.4 is 5.32 Å². The standard InChI is InChI=1S/C13H18ClN3O/c1-10(5-4-8-18)15-9-11-13(14)16-12-6-2-3-7-17(11)12/h2-3,6-7,10,15,18H,4-5,8-9H2,1H3. The summed E-state index contributed by atoms with van der Waals surface area (Å²) in [6.45, 7) is 3.02. The van der Waals surface area contributed by atoms with Crippen LogP contribution in [0.3, 0.4) is 0 Å². The molecule has 0 fully saturated rings. The number of imidazole rings is 1. The van der Waals surface area contributed by atoms with Gasteiger partial charge in [0.2, 0.25) is 0 Å². The van der Waals surface area contributed by atoms with Gasteiger partial charge < -0.3 is 14.8 Å². The molecule has 18 heavy (non-hydrogen) atoms. The molecule has 0 aromatic carbocycles. The summed E-state index contributed by atoms with van der Waals surface area (Å²) in [4.78, 5) is 4.30. The molecule has 1 atom stereocenters. The van der Waals surface area contributed by atoms with E-state index in [1.54, 1.807) is 0 Å². The number of hydrogen-bond donors (Lipinski definition) is 2. The lowest BCUT2D eigenvalue weighted by Gasteiger charge is -2.13. The molecular weight excluding hydrogens is 250 g/mol. The Bertz CT molecular complexity index is 512. The van der Waals surface area contributed by atoms with Crippen molar-refractivity contribution in [3.8, 4) is 0 Å². The summed E-state index contributed by atoms with van der Waals surface area (Å²) in [6.07, 6.45) is 3.73. The molecule has 0 aliphatic rings. The van der Waals surface area contributed by atoms with E-state index < -0.39 is 0 Å². The normalized spacial score (nSPS) is 13.1. The van der Waals surface area contributed by atoms with Gasteiger partial charge in [0.1, 0.15) is 5.65 Å². The van der Waals surface area contributed by atoms with Crippen LogP contribution >= 0.6 is 11.6 Å². The summed E-state index contributed by atoms with van der Waals surface area (Å²) in [6, 6.07) is 6.19. The summed E-state index contributed by atoms with van der Waals surface area (Å²) in [7, 11) is 0. The fourth-order valence-electron chi connectivity index (χ4n) is 1.95. The van der Waals surface area contributed by atoms with Gasteiger partial charge in [-0.3, -0.25) is 0 Å². The number of aliphatic hydroxyl groups is 1. The number of hydrogen-bond acceptors (Lipinski definition) is 3. The molecule has 2 N–H and O–H groups in total. The van der Waals surface area contributed by atoms with E-state index in [-0.39, 0.29) is 6.61 Å². The zero-order valence-electron chi connectivity index (χ0n) is 10.4. The first-order chi connectivity index (χ1) is 8.72. The molecule has 0 aliphatic carbocycles. The molecule has 0 amide bonds. The molecular formula is C13H18ClN3O. The smallest absolute Gasteiger partial charge is 0.152 e. The second kappa shape index (κ2) is 6.18. The van der Waals surface area contributed by atoms with Crippen LogP contribution in [0.2, 0.25) is 5.15 Å². The minimum atomic E-state index is 0.238. The second-order valence-corrected chi connectivity index (χ2v) is 4.78. The summed E-state index contributed by atoms with van der Waals surface area (Å²) in [5.74, 6) is 0. The maximum absolute atomic E-state index is 8.79. The van der Waals surface area contributed by atoms with Gasteiger partial charge in [0, 0.05) is 25.4 Å². The highest BCUT2D eigenvalue weighted by Gasteiger charge is 2.10. The van der Waals surface area contributed by atoms with Gasteiger partial charge in [0.05, 0.1) is 5.69 Å². The van der Waals surface area contributed by atoms with Gasteiger partial charge in [-0.2, -0.15) is 0 Å². The van der Waals surface area contributed by atoms with Crippen molar-refractivity contribution in [3.63, 3.8) is 0 Å².